The summed E-state index contributed by atoms with van der Waals surface area (Å²) in [7, 11) is 0. The lowest BCUT2D eigenvalue weighted by atomic mass is 10.1. The second-order valence-electron chi connectivity index (χ2n) is 4.34. The highest BCUT2D eigenvalue weighted by Crippen LogP contribution is 2.13. The molecule has 0 heterocycles. The molecule has 0 aliphatic carbocycles. The number of hydrogen-bond donors (Lipinski definition) is 0. The van der Waals surface area contributed by atoms with Crippen LogP contribution in [0.5, 0.6) is 0 Å². The third-order valence-electron chi connectivity index (χ3n) is 2.41. The van der Waals surface area contributed by atoms with Crippen LogP contribution in [0.2, 0.25) is 0 Å². The summed E-state index contributed by atoms with van der Waals surface area (Å²) in [4.78, 5) is 21.1. The lowest BCUT2D eigenvalue weighted by molar-refractivity contribution is -0.321. The molecule has 0 saturated carbocycles. The molecule has 0 fully saturated rings. The van der Waals surface area contributed by atoms with Gasteiger partial charge in [0.05, 0.1) is 0 Å². The Morgan fingerprint density at radius 1 is 1.29 bits per heavy atom. The molecule has 0 aliphatic rings. The van der Waals surface area contributed by atoms with Crippen LogP contribution in [0.3, 0.4) is 0 Å². The first-order chi connectivity index (χ1) is 8.03. The van der Waals surface area contributed by atoms with Gasteiger partial charge in [-0.1, -0.05) is 37.3 Å². The largest absolute Gasteiger partial charge is 0.365 e. The number of rotatable bonds is 5. The summed E-state index contributed by atoms with van der Waals surface area (Å²) in [5.41, 5.74) is 0.496. The normalized spacial score (nSPS) is 11.7. The van der Waals surface area contributed by atoms with Gasteiger partial charge in [0.2, 0.25) is 0 Å². The highest BCUT2D eigenvalue weighted by molar-refractivity contribution is 5.86. The van der Waals surface area contributed by atoms with Gasteiger partial charge in [-0.2, -0.15) is 4.89 Å². The van der Waals surface area contributed by atoms with Crippen molar-refractivity contribution in [1.29, 1.82) is 0 Å². The van der Waals surface area contributed by atoms with Crippen molar-refractivity contribution >= 4 is 12.0 Å². The van der Waals surface area contributed by atoms with Gasteiger partial charge in [-0.15, -0.1) is 0 Å². The molecule has 3 nitrogen and oxygen atoms in total. The molecule has 1 aromatic rings. The Morgan fingerprint density at radius 2 is 1.94 bits per heavy atom. The fourth-order valence-electron chi connectivity index (χ4n) is 0.969. The first kappa shape index (κ1) is 13.5. The lowest BCUT2D eigenvalue weighted by Gasteiger charge is -2.19. The third-order valence-corrected chi connectivity index (χ3v) is 2.41. The Hall–Kier alpha value is -1.61. The standard InChI is InChI=1S/C14H18O3/c1-4-14(2,3)17-16-13(15)11-10-12-8-6-5-7-9-12/h5-11H,4H2,1-3H3. The van der Waals surface area contributed by atoms with Gasteiger partial charge in [0.25, 0.3) is 0 Å². The van der Waals surface area contributed by atoms with Crippen molar-refractivity contribution < 1.29 is 14.6 Å². The predicted molar refractivity (Wildman–Crippen MR) is 67.0 cm³/mol. The topological polar surface area (TPSA) is 35.5 Å². The van der Waals surface area contributed by atoms with Crippen LogP contribution in [-0.2, 0) is 14.6 Å². The van der Waals surface area contributed by atoms with Crippen molar-refractivity contribution in [2.24, 2.45) is 0 Å². The van der Waals surface area contributed by atoms with Gasteiger partial charge in [-0.25, -0.2) is 4.79 Å². The Labute approximate surface area is 102 Å². The van der Waals surface area contributed by atoms with Gasteiger partial charge in [0.15, 0.2) is 0 Å². The van der Waals surface area contributed by atoms with Crippen LogP contribution in [0.25, 0.3) is 6.08 Å². The number of hydrogen-bond acceptors (Lipinski definition) is 3. The minimum Gasteiger partial charge on any atom is -0.293 e. The van der Waals surface area contributed by atoms with E-state index in [-0.39, 0.29) is 0 Å². The number of benzene rings is 1. The second kappa shape index (κ2) is 6.21. The van der Waals surface area contributed by atoms with E-state index >= 15 is 0 Å². The summed E-state index contributed by atoms with van der Waals surface area (Å²) in [5.74, 6) is -0.504. The maximum absolute atomic E-state index is 11.3. The van der Waals surface area contributed by atoms with Crippen LogP contribution < -0.4 is 0 Å². The zero-order chi connectivity index (χ0) is 12.7. The molecule has 0 bridgehead atoms. The van der Waals surface area contributed by atoms with E-state index in [1.54, 1.807) is 6.08 Å². The Morgan fingerprint density at radius 3 is 2.53 bits per heavy atom. The molecule has 0 N–H and O–H groups in total. The van der Waals surface area contributed by atoms with Gasteiger partial charge in [0.1, 0.15) is 5.60 Å². The van der Waals surface area contributed by atoms with Crippen molar-refractivity contribution in [3.05, 3.63) is 42.0 Å². The summed E-state index contributed by atoms with van der Waals surface area (Å²) in [6, 6.07) is 9.53. The molecular formula is C14H18O3. The quantitative estimate of drug-likeness (QED) is 0.445. The molecule has 0 amide bonds. The molecule has 0 atom stereocenters. The fourth-order valence-corrected chi connectivity index (χ4v) is 0.969. The van der Waals surface area contributed by atoms with Crippen LogP contribution in [-0.4, -0.2) is 11.6 Å². The monoisotopic (exact) mass is 234 g/mol. The molecule has 1 rings (SSSR count). The van der Waals surface area contributed by atoms with E-state index in [2.05, 4.69) is 0 Å². The SMILES string of the molecule is CCC(C)(C)OOC(=O)C=Cc1ccccc1. The number of carbonyl (C=O) groups is 1. The average molecular weight is 234 g/mol. The molecule has 0 unspecified atom stereocenters. The second-order valence-corrected chi connectivity index (χ2v) is 4.34. The molecule has 92 valence electrons. The van der Waals surface area contributed by atoms with Gasteiger partial charge >= 0.3 is 5.97 Å². The minimum absolute atomic E-state index is 0.448. The van der Waals surface area contributed by atoms with Crippen molar-refractivity contribution in [2.75, 3.05) is 0 Å². The van der Waals surface area contributed by atoms with Crippen LogP contribution in [0.15, 0.2) is 36.4 Å². The first-order valence-corrected chi connectivity index (χ1v) is 5.66. The minimum atomic E-state index is -0.504. The molecule has 0 radical (unpaired) electrons. The number of carbonyl (C=O) groups excluding carboxylic acids is 1. The average Bonchev–Trinajstić information content (AvgIpc) is 2.35. The maximum Gasteiger partial charge on any atom is 0.365 e. The maximum atomic E-state index is 11.3. The summed E-state index contributed by atoms with van der Waals surface area (Å²) in [6.07, 6.45) is 3.80. The van der Waals surface area contributed by atoms with Crippen LogP contribution >= 0.6 is 0 Å². The van der Waals surface area contributed by atoms with Crippen LogP contribution in [0.1, 0.15) is 32.8 Å². The van der Waals surface area contributed by atoms with Crippen LogP contribution in [0, 0.1) is 0 Å². The molecule has 0 aliphatic heterocycles. The van der Waals surface area contributed by atoms with Gasteiger partial charge in [-0.3, -0.25) is 4.89 Å². The molecule has 0 spiro atoms. The first-order valence-electron chi connectivity index (χ1n) is 5.66. The lowest BCUT2D eigenvalue weighted by Crippen LogP contribution is -2.24. The van der Waals surface area contributed by atoms with E-state index in [1.165, 1.54) is 6.08 Å². The molecule has 3 heteroatoms. The Kier molecular flexibility index (Phi) is 4.91. The molecule has 0 saturated heterocycles. The van der Waals surface area contributed by atoms with Crippen molar-refractivity contribution in [3.8, 4) is 0 Å². The van der Waals surface area contributed by atoms with Crippen molar-refractivity contribution in [2.45, 2.75) is 32.8 Å². The van der Waals surface area contributed by atoms with E-state index < -0.39 is 11.6 Å². The highest BCUT2D eigenvalue weighted by Gasteiger charge is 2.18. The van der Waals surface area contributed by atoms with E-state index in [1.807, 2.05) is 51.1 Å². The van der Waals surface area contributed by atoms with E-state index in [0.717, 1.165) is 12.0 Å². The zero-order valence-corrected chi connectivity index (χ0v) is 10.5. The summed E-state index contributed by atoms with van der Waals surface area (Å²) in [5, 5.41) is 0. The van der Waals surface area contributed by atoms with E-state index in [4.69, 9.17) is 9.78 Å². The smallest absolute Gasteiger partial charge is 0.293 e. The van der Waals surface area contributed by atoms with Gasteiger partial charge in [0, 0.05) is 6.08 Å². The summed E-state index contributed by atoms with van der Waals surface area (Å²) in [6.45, 7) is 5.69. The molecule has 1 aromatic carbocycles. The van der Waals surface area contributed by atoms with E-state index in [9.17, 15) is 4.79 Å². The third kappa shape index (κ3) is 5.31. The van der Waals surface area contributed by atoms with Crippen molar-refractivity contribution in [3.63, 3.8) is 0 Å². The Bertz CT molecular complexity index is 380. The highest BCUT2D eigenvalue weighted by atomic mass is 17.2. The van der Waals surface area contributed by atoms with E-state index in [0.29, 0.717) is 0 Å². The van der Waals surface area contributed by atoms with Gasteiger partial charge < -0.3 is 0 Å². The molecular weight excluding hydrogens is 216 g/mol. The summed E-state index contributed by atoms with van der Waals surface area (Å²) < 4.78 is 0. The predicted octanol–water partition coefficient (Wildman–Crippen LogP) is 3.36. The fraction of sp³-hybridized carbons (Fsp3) is 0.357. The molecule has 17 heavy (non-hydrogen) atoms. The Balaban J connectivity index is 2.43. The summed E-state index contributed by atoms with van der Waals surface area (Å²) >= 11 is 0. The van der Waals surface area contributed by atoms with Crippen molar-refractivity contribution in [1.82, 2.24) is 0 Å². The zero-order valence-electron chi connectivity index (χ0n) is 10.5. The van der Waals surface area contributed by atoms with Gasteiger partial charge in [-0.05, 0) is 31.9 Å². The molecule has 0 aromatic heterocycles. The van der Waals surface area contributed by atoms with Crippen LogP contribution in [0.4, 0.5) is 0 Å².